The van der Waals surface area contributed by atoms with E-state index in [1.807, 2.05) is 48.0 Å². The third-order valence-corrected chi connectivity index (χ3v) is 6.39. The van der Waals surface area contributed by atoms with Crippen LogP contribution in [0.2, 0.25) is 5.02 Å². The van der Waals surface area contributed by atoms with E-state index in [2.05, 4.69) is 41.1 Å². The second-order valence-electron chi connectivity index (χ2n) is 7.45. The van der Waals surface area contributed by atoms with Gasteiger partial charge < -0.3 is 4.90 Å². The molecule has 0 fully saturated rings. The lowest BCUT2D eigenvalue weighted by atomic mass is 9.83. The minimum atomic E-state index is -0.216. The number of thioether (sulfide) groups is 1. The minimum absolute atomic E-state index is 0.0402. The number of fused-ring (bicyclic) bond motifs is 1. The molecule has 0 atom stereocenters. The second-order valence-corrected chi connectivity index (χ2v) is 8.83. The van der Waals surface area contributed by atoms with E-state index in [1.54, 1.807) is 12.4 Å². The SMILES string of the molecule is CN1/C(=C\C(=O)CSc2nncn2-c2cccc(Cl)c2)C(C)(C)c2ccccc21. The van der Waals surface area contributed by atoms with Gasteiger partial charge in [0.2, 0.25) is 0 Å². The lowest BCUT2D eigenvalue weighted by molar-refractivity contribution is -0.112. The summed E-state index contributed by atoms with van der Waals surface area (Å²) in [6.45, 7) is 4.30. The molecule has 0 spiro atoms. The summed E-state index contributed by atoms with van der Waals surface area (Å²) in [4.78, 5) is 14.9. The number of aromatic nitrogens is 3. The van der Waals surface area contributed by atoms with Gasteiger partial charge in [0.15, 0.2) is 10.9 Å². The number of halogens is 1. The molecule has 5 nitrogen and oxygen atoms in total. The molecule has 3 aromatic rings. The number of carbonyl (C=O) groups excluding carboxylic acids is 1. The lowest BCUT2D eigenvalue weighted by Gasteiger charge is -2.23. The minimum Gasteiger partial charge on any atom is -0.347 e. The zero-order valence-electron chi connectivity index (χ0n) is 16.5. The zero-order valence-corrected chi connectivity index (χ0v) is 18.0. The van der Waals surface area contributed by atoms with Gasteiger partial charge in [-0.1, -0.05) is 61.5 Å². The molecule has 0 aliphatic carbocycles. The van der Waals surface area contributed by atoms with E-state index in [-0.39, 0.29) is 17.0 Å². The van der Waals surface area contributed by atoms with Crippen LogP contribution < -0.4 is 4.90 Å². The van der Waals surface area contributed by atoms with Crippen LogP contribution in [-0.4, -0.2) is 33.3 Å². The molecule has 1 aliphatic rings. The van der Waals surface area contributed by atoms with E-state index in [4.69, 9.17) is 11.6 Å². The van der Waals surface area contributed by atoms with Crippen LogP contribution in [0.3, 0.4) is 0 Å². The van der Waals surface area contributed by atoms with Crippen LogP contribution in [0, 0.1) is 0 Å². The van der Waals surface area contributed by atoms with Gasteiger partial charge in [0.25, 0.3) is 0 Å². The van der Waals surface area contributed by atoms with Gasteiger partial charge in [-0.05, 0) is 29.8 Å². The number of carbonyl (C=O) groups is 1. The average molecular weight is 425 g/mol. The van der Waals surface area contributed by atoms with Crippen molar-refractivity contribution in [2.45, 2.75) is 24.4 Å². The Morgan fingerprint density at radius 2 is 2.00 bits per heavy atom. The van der Waals surface area contributed by atoms with Crippen LogP contribution in [0.4, 0.5) is 5.69 Å². The topological polar surface area (TPSA) is 51.0 Å². The first-order valence-electron chi connectivity index (χ1n) is 9.25. The molecule has 0 unspecified atom stereocenters. The smallest absolute Gasteiger partial charge is 0.196 e. The monoisotopic (exact) mass is 424 g/mol. The molecule has 2 heterocycles. The highest BCUT2D eigenvalue weighted by molar-refractivity contribution is 7.99. The number of hydrogen-bond donors (Lipinski definition) is 0. The number of nitrogens with zero attached hydrogens (tertiary/aromatic N) is 4. The molecule has 4 rings (SSSR count). The highest BCUT2D eigenvalue weighted by atomic mass is 35.5. The van der Waals surface area contributed by atoms with Gasteiger partial charge in [0.1, 0.15) is 6.33 Å². The van der Waals surface area contributed by atoms with Crippen molar-refractivity contribution in [3.8, 4) is 5.69 Å². The first kappa shape index (κ1) is 19.7. The van der Waals surface area contributed by atoms with Crippen molar-refractivity contribution in [1.82, 2.24) is 14.8 Å². The summed E-state index contributed by atoms with van der Waals surface area (Å²) >= 11 is 7.45. The van der Waals surface area contributed by atoms with E-state index in [1.165, 1.54) is 17.3 Å². The molecule has 7 heteroatoms. The largest absolute Gasteiger partial charge is 0.347 e. The molecule has 0 amide bonds. The van der Waals surface area contributed by atoms with Gasteiger partial charge in [-0.3, -0.25) is 9.36 Å². The number of rotatable bonds is 5. The maximum Gasteiger partial charge on any atom is 0.196 e. The number of hydrogen-bond acceptors (Lipinski definition) is 5. The zero-order chi connectivity index (χ0) is 20.6. The fraction of sp³-hybridized carbons (Fsp3) is 0.227. The van der Waals surface area contributed by atoms with Crippen LogP contribution in [0.25, 0.3) is 5.69 Å². The molecule has 29 heavy (non-hydrogen) atoms. The molecule has 2 aromatic carbocycles. The molecule has 0 N–H and O–H groups in total. The van der Waals surface area contributed by atoms with Crippen molar-refractivity contribution in [3.63, 3.8) is 0 Å². The van der Waals surface area contributed by atoms with Crippen molar-refractivity contribution < 1.29 is 4.79 Å². The fourth-order valence-corrected chi connectivity index (χ4v) is 4.65. The predicted molar refractivity (Wildman–Crippen MR) is 118 cm³/mol. The molecule has 1 aliphatic heterocycles. The molecule has 148 valence electrons. The summed E-state index contributed by atoms with van der Waals surface area (Å²) in [6, 6.07) is 15.7. The number of anilines is 1. The first-order chi connectivity index (χ1) is 13.9. The molecule has 0 saturated heterocycles. The van der Waals surface area contributed by atoms with E-state index in [0.29, 0.717) is 10.2 Å². The Bertz CT molecular complexity index is 1110. The molecule has 0 saturated carbocycles. The predicted octanol–water partition coefficient (Wildman–Crippen LogP) is 4.89. The van der Waals surface area contributed by atoms with Crippen molar-refractivity contribution in [2.24, 2.45) is 0 Å². The molecular formula is C22H21ClN4OS. The van der Waals surface area contributed by atoms with E-state index in [0.717, 1.165) is 17.1 Å². The van der Waals surface area contributed by atoms with Gasteiger partial charge in [-0.25, -0.2) is 0 Å². The van der Waals surface area contributed by atoms with Crippen molar-refractivity contribution in [2.75, 3.05) is 17.7 Å². The van der Waals surface area contributed by atoms with E-state index >= 15 is 0 Å². The van der Waals surface area contributed by atoms with Crippen LogP contribution >= 0.6 is 23.4 Å². The van der Waals surface area contributed by atoms with Crippen molar-refractivity contribution in [1.29, 1.82) is 0 Å². The summed E-state index contributed by atoms with van der Waals surface area (Å²) < 4.78 is 1.83. The van der Waals surface area contributed by atoms with E-state index in [9.17, 15) is 4.79 Å². The van der Waals surface area contributed by atoms with Crippen molar-refractivity contribution >= 4 is 34.8 Å². The van der Waals surface area contributed by atoms with Crippen molar-refractivity contribution in [3.05, 3.63) is 77.2 Å². The Kier molecular flexibility index (Phi) is 5.23. The highest BCUT2D eigenvalue weighted by Crippen LogP contribution is 2.46. The third-order valence-electron chi connectivity index (χ3n) is 5.18. The van der Waals surface area contributed by atoms with Crippen LogP contribution in [-0.2, 0) is 10.2 Å². The van der Waals surface area contributed by atoms with E-state index < -0.39 is 0 Å². The Hall–Kier alpha value is -2.57. The summed E-state index contributed by atoms with van der Waals surface area (Å²) in [5.74, 6) is 0.321. The Morgan fingerprint density at radius 3 is 2.76 bits per heavy atom. The Morgan fingerprint density at radius 1 is 1.21 bits per heavy atom. The summed E-state index contributed by atoms with van der Waals surface area (Å²) in [7, 11) is 2.01. The van der Waals surface area contributed by atoms with Gasteiger partial charge in [0.05, 0.1) is 11.4 Å². The number of ketones is 1. The Labute approximate surface area is 179 Å². The van der Waals surface area contributed by atoms with Gasteiger partial charge in [-0.2, -0.15) is 0 Å². The fourth-order valence-electron chi connectivity index (χ4n) is 3.71. The number of likely N-dealkylation sites (N-methyl/N-ethyl adjacent to an activating group) is 1. The molecule has 1 aromatic heterocycles. The highest BCUT2D eigenvalue weighted by Gasteiger charge is 2.38. The van der Waals surface area contributed by atoms with Crippen LogP contribution in [0.5, 0.6) is 0 Å². The standard InChI is InChI=1S/C22H21ClN4OS/c1-22(2)18-9-4-5-10-19(18)26(3)20(22)12-17(28)13-29-21-25-24-14-27(21)16-8-6-7-15(23)11-16/h4-12,14H,13H2,1-3H3/b20-12-. The summed E-state index contributed by atoms with van der Waals surface area (Å²) in [6.07, 6.45) is 3.38. The average Bonchev–Trinajstić information content (AvgIpc) is 3.24. The second kappa shape index (κ2) is 7.69. The molecular weight excluding hydrogens is 404 g/mol. The van der Waals surface area contributed by atoms with Gasteiger partial charge in [0, 0.05) is 34.9 Å². The number of benzene rings is 2. The number of allylic oxidation sites excluding steroid dienone is 2. The first-order valence-corrected chi connectivity index (χ1v) is 10.6. The number of para-hydroxylation sites is 1. The molecule has 0 bridgehead atoms. The normalized spacial score (nSPS) is 16.3. The van der Waals surface area contributed by atoms with Gasteiger partial charge >= 0.3 is 0 Å². The summed E-state index contributed by atoms with van der Waals surface area (Å²) in [5.41, 5.74) is 4.02. The lowest BCUT2D eigenvalue weighted by Crippen LogP contribution is -2.24. The molecule has 0 radical (unpaired) electrons. The third kappa shape index (κ3) is 3.70. The van der Waals surface area contributed by atoms with Crippen LogP contribution in [0.1, 0.15) is 19.4 Å². The maximum absolute atomic E-state index is 12.8. The quantitative estimate of drug-likeness (QED) is 0.431. The Balaban J connectivity index is 1.52. The summed E-state index contributed by atoms with van der Waals surface area (Å²) in [5, 5.41) is 9.43. The van der Waals surface area contributed by atoms with Crippen LogP contribution in [0.15, 0.2) is 71.8 Å². The maximum atomic E-state index is 12.8. The van der Waals surface area contributed by atoms with Gasteiger partial charge in [-0.15, -0.1) is 10.2 Å².